The van der Waals surface area contributed by atoms with Gasteiger partial charge in [0.25, 0.3) is 0 Å². The molecule has 0 saturated heterocycles. The molecule has 3 rings (SSSR count). The van der Waals surface area contributed by atoms with E-state index in [0.717, 1.165) is 25.2 Å². The maximum Gasteiger partial charge on any atom is 0.320 e. The van der Waals surface area contributed by atoms with Gasteiger partial charge in [-0.3, -0.25) is 14.9 Å². The maximum absolute atomic E-state index is 12.0. The van der Waals surface area contributed by atoms with Crippen LogP contribution in [0.2, 0.25) is 0 Å². The van der Waals surface area contributed by atoms with Crippen molar-refractivity contribution in [3.8, 4) is 0 Å². The van der Waals surface area contributed by atoms with Crippen LogP contribution in [-0.2, 0) is 20.0 Å². The Kier molecular flexibility index (Phi) is 4.68. The van der Waals surface area contributed by atoms with Crippen LogP contribution in [0.5, 0.6) is 0 Å². The van der Waals surface area contributed by atoms with Gasteiger partial charge in [0.15, 0.2) is 0 Å². The highest BCUT2D eigenvalue weighted by molar-refractivity contribution is 7.10. The molecule has 1 atom stereocenters. The highest BCUT2D eigenvalue weighted by Crippen LogP contribution is 2.24. The van der Waals surface area contributed by atoms with Crippen molar-refractivity contribution in [1.82, 2.24) is 20.0 Å². The SMILES string of the molecule is Cc1cc(NC(=O)NCC(C)N2CCc3sccc3C2)n(C)n1. The third kappa shape index (κ3) is 3.73. The Morgan fingerprint density at radius 1 is 1.52 bits per heavy atom. The summed E-state index contributed by atoms with van der Waals surface area (Å²) >= 11 is 1.85. The first-order valence-corrected chi connectivity index (χ1v) is 8.75. The summed E-state index contributed by atoms with van der Waals surface area (Å²) in [5, 5.41) is 12.2. The molecule has 0 fully saturated rings. The molecule has 2 aromatic heterocycles. The fourth-order valence-corrected chi connectivity index (χ4v) is 3.79. The lowest BCUT2D eigenvalue weighted by Gasteiger charge is -2.32. The number of rotatable bonds is 4. The summed E-state index contributed by atoms with van der Waals surface area (Å²) in [6, 6.07) is 4.19. The quantitative estimate of drug-likeness (QED) is 0.903. The van der Waals surface area contributed by atoms with Gasteiger partial charge in [0.2, 0.25) is 0 Å². The number of thiophene rings is 1. The number of nitrogens with zero attached hydrogens (tertiary/aromatic N) is 3. The number of hydrogen-bond acceptors (Lipinski definition) is 4. The average Bonchev–Trinajstić information content (AvgIpc) is 3.10. The van der Waals surface area contributed by atoms with E-state index in [0.29, 0.717) is 18.4 Å². The van der Waals surface area contributed by atoms with Gasteiger partial charge in [-0.2, -0.15) is 5.10 Å². The zero-order valence-electron chi connectivity index (χ0n) is 13.8. The van der Waals surface area contributed by atoms with Crippen LogP contribution in [0.4, 0.5) is 10.6 Å². The highest BCUT2D eigenvalue weighted by atomic mass is 32.1. The van der Waals surface area contributed by atoms with E-state index in [1.54, 1.807) is 4.68 Å². The maximum atomic E-state index is 12.0. The lowest BCUT2D eigenvalue weighted by atomic mass is 10.1. The van der Waals surface area contributed by atoms with Crippen molar-refractivity contribution >= 4 is 23.2 Å². The van der Waals surface area contributed by atoms with Gasteiger partial charge in [0.1, 0.15) is 5.82 Å². The molecular weight excluding hydrogens is 310 g/mol. The number of aryl methyl sites for hydroxylation is 2. The Balaban J connectivity index is 1.48. The lowest BCUT2D eigenvalue weighted by molar-refractivity contribution is 0.188. The lowest BCUT2D eigenvalue weighted by Crippen LogP contribution is -2.45. The van der Waals surface area contributed by atoms with E-state index in [1.807, 2.05) is 31.4 Å². The molecule has 6 nitrogen and oxygen atoms in total. The summed E-state index contributed by atoms with van der Waals surface area (Å²) in [6.45, 7) is 6.72. The predicted octanol–water partition coefficient (Wildman–Crippen LogP) is 2.36. The second-order valence-electron chi connectivity index (χ2n) is 6.07. The molecule has 3 heterocycles. The molecule has 1 aliphatic rings. The average molecular weight is 333 g/mol. The molecule has 2 amide bonds. The molecule has 0 bridgehead atoms. The first-order chi connectivity index (χ1) is 11.0. The van der Waals surface area contributed by atoms with Crippen LogP contribution in [0, 0.1) is 6.92 Å². The van der Waals surface area contributed by atoms with Crippen LogP contribution in [0.25, 0.3) is 0 Å². The first-order valence-electron chi connectivity index (χ1n) is 7.87. The second kappa shape index (κ2) is 6.72. The van der Waals surface area contributed by atoms with Crippen molar-refractivity contribution in [3.05, 3.63) is 33.6 Å². The van der Waals surface area contributed by atoms with Gasteiger partial charge >= 0.3 is 6.03 Å². The fraction of sp³-hybridized carbons (Fsp3) is 0.500. The van der Waals surface area contributed by atoms with Crippen LogP contribution in [0.15, 0.2) is 17.5 Å². The third-order valence-corrected chi connectivity index (χ3v) is 5.29. The van der Waals surface area contributed by atoms with E-state index in [2.05, 4.69) is 39.0 Å². The zero-order chi connectivity index (χ0) is 16.4. The van der Waals surface area contributed by atoms with E-state index < -0.39 is 0 Å². The normalized spacial score (nSPS) is 16.0. The molecule has 2 N–H and O–H groups in total. The summed E-state index contributed by atoms with van der Waals surface area (Å²) in [6.07, 6.45) is 1.11. The standard InChI is InChI=1S/C16H23N5OS/c1-11-8-15(20(3)19-11)18-16(22)17-9-12(2)21-6-4-14-13(10-21)5-7-23-14/h5,7-8,12H,4,6,9-10H2,1-3H3,(H2,17,18,22). The van der Waals surface area contributed by atoms with Gasteiger partial charge in [0, 0.05) is 43.7 Å². The molecule has 1 aliphatic heterocycles. The van der Waals surface area contributed by atoms with Crippen LogP contribution in [0.3, 0.4) is 0 Å². The molecule has 0 radical (unpaired) electrons. The van der Waals surface area contributed by atoms with E-state index in [1.165, 1.54) is 10.4 Å². The van der Waals surface area contributed by atoms with Gasteiger partial charge in [-0.1, -0.05) is 0 Å². The number of fused-ring (bicyclic) bond motifs is 1. The van der Waals surface area contributed by atoms with Crippen LogP contribution >= 0.6 is 11.3 Å². The fourth-order valence-electron chi connectivity index (χ4n) is 2.90. The van der Waals surface area contributed by atoms with Gasteiger partial charge < -0.3 is 5.32 Å². The molecule has 2 aromatic rings. The molecule has 1 unspecified atom stereocenters. The molecule has 0 aliphatic carbocycles. The van der Waals surface area contributed by atoms with E-state index in [-0.39, 0.29) is 6.03 Å². The number of amides is 2. The van der Waals surface area contributed by atoms with Crippen LogP contribution in [-0.4, -0.2) is 39.8 Å². The smallest absolute Gasteiger partial charge is 0.320 e. The van der Waals surface area contributed by atoms with Crippen molar-refractivity contribution in [1.29, 1.82) is 0 Å². The van der Waals surface area contributed by atoms with Gasteiger partial charge in [0.05, 0.1) is 5.69 Å². The number of carbonyl (C=O) groups excluding carboxylic acids is 1. The summed E-state index contributed by atoms with van der Waals surface area (Å²) in [4.78, 5) is 16.0. The number of nitrogens with one attached hydrogen (secondary N) is 2. The van der Waals surface area contributed by atoms with Crippen LogP contribution in [0.1, 0.15) is 23.1 Å². The molecule has 7 heteroatoms. The van der Waals surface area contributed by atoms with Crippen molar-refractivity contribution in [2.45, 2.75) is 32.9 Å². The molecule has 124 valence electrons. The van der Waals surface area contributed by atoms with E-state index >= 15 is 0 Å². The second-order valence-corrected chi connectivity index (χ2v) is 7.07. The van der Waals surface area contributed by atoms with Crippen molar-refractivity contribution in [2.75, 3.05) is 18.4 Å². The molecule has 23 heavy (non-hydrogen) atoms. The number of hydrogen-bond donors (Lipinski definition) is 2. The van der Waals surface area contributed by atoms with Gasteiger partial charge in [-0.15, -0.1) is 11.3 Å². The predicted molar refractivity (Wildman–Crippen MR) is 92.9 cm³/mol. The Morgan fingerprint density at radius 3 is 3.09 bits per heavy atom. The number of carbonyl (C=O) groups is 1. The number of urea groups is 1. The summed E-state index contributed by atoms with van der Waals surface area (Å²) < 4.78 is 1.67. The first kappa shape index (κ1) is 16.0. The van der Waals surface area contributed by atoms with Crippen molar-refractivity contribution < 1.29 is 4.79 Å². The minimum Gasteiger partial charge on any atom is -0.336 e. The largest absolute Gasteiger partial charge is 0.336 e. The monoisotopic (exact) mass is 333 g/mol. The van der Waals surface area contributed by atoms with Crippen molar-refractivity contribution in [2.24, 2.45) is 7.05 Å². The Bertz CT molecular complexity index is 692. The van der Waals surface area contributed by atoms with Crippen LogP contribution < -0.4 is 10.6 Å². The summed E-state index contributed by atoms with van der Waals surface area (Å²) in [5.41, 5.74) is 2.32. The van der Waals surface area contributed by atoms with E-state index in [9.17, 15) is 4.79 Å². The minimum absolute atomic E-state index is 0.187. The van der Waals surface area contributed by atoms with Crippen molar-refractivity contribution in [3.63, 3.8) is 0 Å². The van der Waals surface area contributed by atoms with Gasteiger partial charge in [-0.25, -0.2) is 4.79 Å². The molecule has 0 aromatic carbocycles. The minimum atomic E-state index is -0.187. The Labute approximate surface area is 140 Å². The van der Waals surface area contributed by atoms with E-state index in [4.69, 9.17) is 0 Å². The molecule has 0 saturated carbocycles. The highest BCUT2D eigenvalue weighted by Gasteiger charge is 2.21. The topological polar surface area (TPSA) is 62.2 Å². The third-order valence-electron chi connectivity index (χ3n) is 4.26. The molecular formula is C16H23N5OS. The number of aromatic nitrogens is 2. The Hall–Kier alpha value is -1.86. The molecule has 0 spiro atoms. The Morgan fingerprint density at radius 2 is 2.35 bits per heavy atom. The zero-order valence-corrected chi connectivity index (χ0v) is 14.6. The number of anilines is 1. The summed E-state index contributed by atoms with van der Waals surface area (Å²) in [5.74, 6) is 0.702. The summed E-state index contributed by atoms with van der Waals surface area (Å²) in [7, 11) is 1.82. The van der Waals surface area contributed by atoms with Gasteiger partial charge in [-0.05, 0) is 37.3 Å².